The van der Waals surface area contributed by atoms with Crippen LogP contribution in [0, 0.1) is 5.92 Å². The zero-order chi connectivity index (χ0) is 8.65. The van der Waals surface area contributed by atoms with Crippen LogP contribution in [-0.2, 0) is 4.79 Å². The van der Waals surface area contributed by atoms with Crippen molar-refractivity contribution in [2.75, 3.05) is 13.6 Å². The summed E-state index contributed by atoms with van der Waals surface area (Å²) in [5.74, 6) is 0.976. The van der Waals surface area contributed by atoms with Gasteiger partial charge in [-0.25, -0.2) is 0 Å². The van der Waals surface area contributed by atoms with E-state index in [0.717, 1.165) is 13.0 Å². The number of ketones is 1. The predicted molar refractivity (Wildman–Crippen MR) is 44.6 cm³/mol. The van der Waals surface area contributed by atoms with E-state index in [9.17, 15) is 4.79 Å². The van der Waals surface area contributed by atoms with Gasteiger partial charge < -0.3 is 4.90 Å². The average Bonchev–Trinajstić information content (AvgIpc) is 1.84. The molecule has 2 atom stereocenters. The Bertz CT molecular complexity index is 174. The van der Waals surface area contributed by atoms with Crippen molar-refractivity contribution in [3.63, 3.8) is 0 Å². The second-order valence-electron chi connectivity index (χ2n) is 4.34. The van der Waals surface area contributed by atoms with Gasteiger partial charge in [0.05, 0.1) is 13.6 Å². The van der Waals surface area contributed by atoms with Crippen molar-refractivity contribution in [1.82, 2.24) is 0 Å². The van der Waals surface area contributed by atoms with Gasteiger partial charge in [0.15, 0.2) is 11.3 Å². The Labute approximate surface area is 68.6 Å². The van der Waals surface area contributed by atoms with Gasteiger partial charge in [-0.1, -0.05) is 6.92 Å². The summed E-state index contributed by atoms with van der Waals surface area (Å²) in [5.41, 5.74) is -0.146. The molecule has 1 unspecified atom stereocenters. The molecule has 0 saturated carbocycles. The highest BCUT2D eigenvalue weighted by Crippen LogP contribution is 2.13. The van der Waals surface area contributed by atoms with E-state index in [2.05, 4.69) is 14.0 Å². The van der Waals surface area contributed by atoms with Crippen LogP contribution in [0.2, 0.25) is 0 Å². The molecule has 1 saturated heterocycles. The molecule has 0 amide bonds. The minimum Gasteiger partial charge on any atom is -0.327 e. The predicted octanol–water partition coefficient (Wildman–Crippen LogP) is -0.111. The highest BCUT2D eigenvalue weighted by Gasteiger charge is 2.41. The Kier molecular flexibility index (Phi) is 2.06. The summed E-state index contributed by atoms with van der Waals surface area (Å²) in [6, 6.07) is 0. The van der Waals surface area contributed by atoms with Crippen LogP contribution in [0.5, 0.6) is 0 Å². The van der Waals surface area contributed by atoms with Gasteiger partial charge in [0.1, 0.15) is 0 Å². The van der Waals surface area contributed by atoms with Gasteiger partial charge in [-0.2, -0.15) is 0 Å². The Morgan fingerprint density at radius 1 is 1.55 bits per heavy atom. The summed E-state index contributed by atoms with van der Waals surface area (Å²) in [5, 5.41) is 0. The van der Waals surface area contributed by atoms with E-state index >= 15 is 0 Å². The number of rotatable bonds is 0. The van der Waals surface area contributed by atoms with Gasteiger partial charge in [-0.3, -0.25) is 4.79 Å². The Hall–Kier alpha value is -0.370. The summed E-state index contributed by atoms with van der Waals surface area (Å²) < 4.78 is 0. The summed E-state index contributed by atoms with van der Waals surface area (Å²) in [6.45, 7) is 7.35. The third-order valence-corrected chi connectivity index (χ3v) is 2.95. The van der Waals surface area contributed by atoms with E-state index in [1.165, 1.54) is 4.90 Å². The standard InChI is InChI=1S/C9H17NO/c1-7-5-8(11)9(2,3)10(4)6-7/h7H,5-6H2,1-4H3/p+1/t7-/m1/s1. The molecule has 0 aromatic rings. The Morgan fingerprint density at radius 3 is 2.55 bits per heavy atom. The van der Waals surface area contributed by atoms with Crippen molar-refractivity contribution in [2.45, 2.75) is 32.7 Å². The highest BCUT2D eigenvalue weighted by atomic mass is 16.1. The van der Waals surface area contributed by atoms with Crippen molar-refractivity contribution in [3.8, 4) is 0 Å². The lowest BCUT2D eigenvalue weighted by Gasteiger charge is -2.37. The smallest absolute Gasteiger partial charge is 0.192 e. The third-order valence-electron chi connectivity index (χ3n) is 2.95. The van der Waals surface area contributed by atoms with Crippen LogP contribution >= 0.6 is 0 Å². The first kappa shape index (κ1) is 8.72. The lowest BCUT2D eigenvalue weighted by atomic mass is 9.85. The summed E-state index contributed by atoms with van der Waals surface area (Å²) >= 11 is 0. The maximum Gasteiger partial charge on any atom is 0.192 e. The normalized spacial score (nSPS) is 37.3. The van der Waals surface area contributed by atoms with E-state index in [0.29, 0.717) is 11.7 Å². The van der Waals surface area contributed by atoms with E-state index in [1.807, 2.05) is 13.8 Å². The molecule has 2 heteroatoms. The number of hydrogen-bond acceptors (Lipinski definition) is 1. The molecule has 0 spiro atoms. The number of carbonyl (C=O) groups excluding carboxylic acids is 1. The molecular formula is C9H18NO+. The van der Waals surface area contributed by atoms with E-state index in [-0.39, 0.29) is 5.54 Å². The van der Waals surface area contributed by atoms with Crippen molar-refractivity contribution >= 4 is 5.78 Å². The molecule has 1 fully saturated rings. The minimum absolute atomic E-state index is 0.146. The fourth-order valence-corrected chi connectivity index (χ4v) is 1.66. The highest BCUT2D eigenvalue weighted by molar-refractivity contribution is 5.86. The van der Waals surface area contributed by atoms with Crippen molar-refractivity contribution < 1.29 is 9.69 Å². The molecule has 0 bridgehead atoms. The first-order valence-electron chi connectivity index (χ1n) is 4.31. The van der Waals surface area contributed by atoms with Crippen LogP contribution in [0.1, 0.15) is 27.2 Å². The molecule has 11 heavy (non-hydrogen) atoms. The maximum absolute atomic E-state index is 11.5. The fraction of sp³-hybridized carbons (Fsp3) is 0.889. The van der Waals surface area contributed by atoms with Gasteiger partial charge in [0, 0.05) is 12.3 Å². The molecule has 0 radical (unpaired) electrons. The average molecular weight is 156 g/mol. The monoisotopic (exact) mass is 156 g/mol. The molecule has 0 aromatic heterocycles. The number of likely N-dealkylation sites (tertiary alicyclic amines) is 1. The van der Waals surface area contributed by atoms with E-state index in [1.54, 1.807) is 0 Å². The van der Waals surface area contributed by atoms with Crippen LogP contribution in [-0.4, -0.2) is 24.9 Å². The Balaban J connectivity index is 2.76. The van der Waals surface area contributed by atoms with Gasteiger partial charge in [0.2, 0.25) is 0 Å². The molecule has 1 aliphatic heterocycles. The molecule has 1 heterocycles. The van der Waals surface area contributed by atoms with Gasteiger partial charge in [-0.05, 0) is 13.8 Å². The van der Waals surface area contributed by atoms with Crippen LogP contribution in [0.25, 0.3) is 0 Å². The number of nitrogens with one attached hydrogen (secondary N) is 1. The van der Waals surface area contributed by atoms with Crippen LogP contribution in [0.3, 0.4) is 0 Å². The van der Waals surface area contributed by atoms with Gasteiger partial charge >= 0.3 is 0 Å². The zero-order valence-electron chi connectivity index (χ0n) is 7.90. The number of piperidine rings is 1. The number of likely N-dealkylation sites (N-methyl/N-ethyl adjacent to an activating group) is 1. The summed E-state index contributed by atoms with van der Waals surface area (Å²) in [7, 11) is 2.10. The third kappa shape index (κ3) is 1.45. The quantitative estimate of drug-likeness (QED) is 0.519. The second kappa shape index (κ2) is 2.59. The van der Waals surface area contributed by atoms with Crippen molar-refractivity contribution in [1.29, 1.82) is 0 Å². The molecule has 1 N–H and O–H groups in total. The topological polar surface area (TPSA) is 21.5 Å². The lowest BCUT2D eigenvalue weighted by Crippen LogP contribution is -3.19. The number of hydrogen-bond donors (Lipinski definition) is 1. The number of quaternary nitrogens is 1. The number of carbonyl (C=O) groups is 1. The fourth-order valence-electron chi connectivity index (χ4n) is 1.66. The zero-order valence-corrected chi connectivity index (χ0v) is 7.90. The number of Topliss-reactive ketones (excluding diaryl/α,β-unsaturated/α-hetero) is 1. The first-order valence-corrected chi connectivity index (χ1v) is 4.31. The van der Waals surface area contributed by atoms with Crippen LogP contribution in [0.4, 0.5) is 0 Å². The van der Waals surface area contributed by atoms with Crippen molar-refractivity contribution in [3.05, 3.63) is 0 Å². The molecule has 1 rings (SSSR count). The summed E-state index contributed by atoms with van der Waals surface area (Å²) in [4.78, 5) is 12.9. The maximum atomic E-state index is 11.5. The van der Waals surface area contributed by atoms with Gasteiger partial charge in [0.25, 0.3) is 0 Å². The van der Waals surface area contributed by atoms with Crippen LogP contribution < -0.4 is 4.90 Å². The molecule has 0 aromatic carbocycles. The molecule has 64 valence electrons. The van der Waals surface area contributed by atoms with Crippen LogP contribution in [0.15, 0.2) is 0 Å². The second-order valence-corrected chi connectivity index (χ2v) is 4.34. The van der Waals surface area contributed by atoms with E-state index in [4.69, 9.17) is 0 Å². The largest absolute Gasteiger partial charge is 0.327 e. The van der Waals surface area contributed by atoms with E-state index < -0.39 is 0 Å². The lowest BCUT2D eigenvalue weighted by molar-refractivity contribution is -0.925. The van der Waals surface area contributed by atoms with Gasteiger partial charge in [-0.15, -0.1) is 0 Å². The summed E-state index contributed by atoms with van der Waals surface area (Å²) in [6.07, 6.45) is 0.768. The molecule has 0 aliphatic carbocycles. The minimum atomic E-state index is -0.146. The Morgan fingerprint density at radius 2 is 2.09 bits per heavy atom. The first-order chi connectivity index (χ1) is 4.94. The molecule has 1 aliphatic rings. The SMILES string of the molecule is C[C@@H]1CC(=O)C(C)(C)[NH+](C)C1. The molecule has 2 nitrogen and oxygen atoms in total. The van der Waals surface area contributed by atoms with Crippen molar-refractivity contribution in [2.24, 2.45) is 5.92 Å². The molecular weight excluding hydrogens is 138 g/mol.